The van der Waals surface area contributed by atoms with Crippen molar-refractivity contribution >= 4 is 28.9 Å². The first-order chi connectivity index (χ1) is 21.8. The number of methoxy groups -OCH3 is 2. The van der Waals surface area contributed by atoms with Crippen molar-refractivity contribution in [2.75, 3.05) is 63.7 Å². The van der Waals surface area contributed by atoms with Crippen molar-refractivity contribution in [3.8, 4) is 5.75 Å². The molecule has 0 saturated carbocycles. The van der Waals surface area contributed by atoms with Crippen LogP contribution in [0.15, 0.2) is 70.0 Å². The van der Waals surface area contributed by atoms with E-state index in [4.69, 9.17) is 14.0 Å². The average molecular weight is 616 g/mol. The first-order valence-corrected chi connectivity index (χ1v) is 15.1. The number of carbonyl (C=O) groups is 2. The highest BCUT2D eigenvalue weighted by Gasteiger charge is 2.37. The van der Waals surface area contributed by atoms with Crippen LogP contribution in [0.4, 0.5) is 16.2 Å². The summed E-state index contributed by atoms with van der Waals surface area (Å²) in [6.45, 7) is 10.7. The zero-order chi connectivity index (χ0) is 31.9. The van der Waals surface area contributed by atoms with E-state index in [1.54, 1.807) is 14.0 Å². The maximum atomic E-state index is 13.0. The third kappa shape index (κ3) is 7.28. The van der Waals surface area contributed by atoms with E-state index in [-0.39, 0.29) is 6.03 Å². The number of rotatable bonds is 10. The van der Waals surface area contributed by atoms with Crippen molar-refractivity contribution < 1.29 is 23.6 Å². The molecule has 0 bridgehead atoms. The fraction of sp³-hybridized carbons (Fsp3) is 0.394. The number of piperazine rings is 1. The fourth-order valence-electron chi connectivity index (χ4n) is 5.98. The van der Waals surface area contributed by atoms with E-state index < -0.39 is 11.9 Å². The first-order valence-electron chi connectivity index (χ1n) is 15.1. The van der Waals surface area contributed by atoms with Crippen LogP contribution in [0.2, 0.25) is 0 Å². The van der Waals surface area contributed by atoms with Crippen LogP contribution in [0, 0.1) is 6.92 Å². The molecule has 0 spiro atoms. The fourth-order valence-corrected chi connectivity index (χ4v) is 5.98. The summed E-state index contributed by atoms with van der Waals surface area (Å²) in [5.41, 5.74) is 5.05. The minimum absolute atomic E-state index is 0.294. The molecule has 1 aromatic heterocycles. The lowest BCUT2D eigenvalue weighted by molar-refractivity contribution is -0.136. The molecule has 3 N–H and O–H groups in total. The van der Waals surface area contributed by atoms with Gasteiger partial charge in [-0.05, 0) is 63.6 Å². The number of benzene rings is 2. The van der Waals surface area contributed by atoms with Gasteiger partial charge in [0.05, 0.1) is 31.4 Å². The molecule has 2 aromatic carbocycles. The minimum Gasteiger partial charge on any atom is -0.495 e. The molecule has 1 fully saturated rings. The Bertz CT molecular complexity index is 1590. The minimum atomic E-state index is -0.549. The topological polar surface area (TPSA) is 134 Å². The molecule has 0 radical (unpaired) electrons. The Hall–Kier alpha value is -4.84. The number of anilines is 2. The Morgan fingerprint density at radius 3 is 2.51 bits per heavy atom. The zero-order valence-electron chi connectivity index (χ0n) is 26.5. The molecule has 0 aliphatic carbocycles. The maximum Gasteiger partial charge on any atom is 0.336 e. The molecular weight excluding hydrogens is 574 g/mol. The van der Waals surface area contributed by atoms with Crippen molar-refractivity contribution in [2.45, 2.75) is 33.1 Å². The number of urea groups is 1. The van der Waals surface area contributed by atoms with Crippen LogP contribution in [0.1, 0.15) is 43.5 Å². The van der Waals surface area contributed by atoms with Gasteiger partial charge in [0.2, 0.25) is 0 Å². The van der Waals surface area contributed by atoms with Gasteiger partial charge in [0.1, 0.15) is 5.75 Å². The molecule has 3 heterocycles. The molecule has 5 rings (SSSR count). The number of para-hydroxylation sites is 2. The number of amides is 2. The Kier molecular flexibility index (Phi) is 10.0. The second kappa shape index (κ2) is 14.3. The van der Waals surface area contributed by atoms with Crippen molar-refractivity contribution in [2.24, 2.45) is 0 Å². The van der Waals surface area contributed by atoms with Crippen LogP contribution in [0.5, 0.6) is 5.75 Å². The van der Waals surface area contributed by atoms with E-state index in [1.165, 1.54) is 7.11 Å². The highest BCUT2D eigenvalue weighted by atomic mass is 16.5. The normalized spacial score (nSPS) is 17.2. The summed E-state index contributed by atoms with van der Waals surface area (Å²) in [7, 11) is 3.06. The van der Waals surface area contributed by atoms with Crippen molar-refractivity contribution in [1.82, 2.24) is 25.7 Å². The zero-order valence-corrected chi connectivity index (χ0v) is 26.5. The predicted octanol–water partition coefficient (Wildman–Crippen LogP) is 4.29. The predicted molar refractivity (Wildman–Crippen MR) is 172 cm³/mol. The van der Waals surface area contributed by atoms with E-state index in [2.05, 4.69) is 42.0 Å². The lowest BCUT2D eigenvalue weighted by Gasteiger charge is -2.36. The van der Waals surface area contributed by atoms with E-state index >= 15 is 0 Å². The lowest BCUT2D eigenvalue weighted by Crippen LogP contribution is -2.47. The molecule has 1 unspecified atom stereocenters. The second-order valence-corrected chi connectivity index (χ2v) is 11.1. The summed E-state index contributed by atoms with van der Waals surface area (Å²) in [5.74, 6) is 0.674. The Morgan fingerprint density at radius 1 is 1.02 bits per heavy atom. The second-order valence-electron chi connectivity index (χ2n) is 11.1. The number of allylic oxidation sites excluding steroid dienone is 3. The highest BCUT2D eigenvalue weighted by Crippen LogP contribution is 2.43. The molecule has 12 nitrogen and oxygen atoms in total. The SMILES string of the molecule is COC(=O)C1=C(C)NC(C)=C(c2nc(C)no2)C1c1cccc(NC(=O)NCCCN2CCN(c3ccccc3OC)CC2)c1. The van der Waals surface area contributed by atoms with Gasteiger partial charge in [-0.2, -0.15) is 4.98 Å². The third-order valence-electron chi connectivity index (χ3n) is 8.14. The summed E-state index contributed by atoms with van der Waals surface area (Å²) >= 11 is 0. The van der Waals surface area contributed by atoms with Crippen LogP contribution in [0.3, 0.4) is 0 Å². The smallest absolute Gasteiger partial charge is 0.336 e. The third-order valence-corrected chi connectivity index (χ3v) is 8.14. The summed E-state index contributed by atoms with van der Waals surface area (Å²) in [4.78, 5) is 35.0. The number of nitrogens with zero attached hydrogens (tertiary/aromatic N) is 4. The van der Waals surface area contributed by atoms with Crippen molar-refractivity contribution in [3.05, 3.63) is 82.8 Å². The number of hydrogen-bond acceptors (Lipinski definition) is 10. The van der Waals surface area contributed by atoms with Crippen LogP contribution < -0.4 is 25.6 Å². The van der Waals surface area contributed by atoms with Gasteiger partial charge in [0, 0.05) is 55.4 Å². The molecule has 3 aromatic rings. The van der Waals surface area contributed by atoms with E-state index in [1.807, 2.05) is 56.3 Å². The van der Waals surface area contributed by atoms with E-state index in [0.29, 0.717) is 40.8 Å². The summed E-state index contributed by atoms with van der Waals surface area (Å²) in [6.07, 6.45) is 0.834. The summed E-state index contributed by atoms with van der Waals surface area (Å²) in [6, 6.07) is 15.2. The summed E-state index contributed by atoms with van der Waals surface area (Å²) in [5, 5.41) is 13.1. The number of hydrogen-bond donors (Lipinski definition) is 3. The summed E-state index contributed by atoms with van der Waals surface area (Å²) < 4.78 is 16.2. The van der Waals surface area contributed by atoms with Gasteiger partial charge in [0.25, 0.3) is 5.89 Å². The standard InChI is InChI=1S/C33H41N7O5/c1-21-28(31-36-23(3)38-45-31)30(29(22(2)35-21)32(41)44-5)24-10-8-11-25(20-24)37-33(42)34-14-9-15-39-16-18-40(19-17-39)26-12-6-7-13-27(26)43-4/h6-8,10-13,20,30,35H,9,14-19H2,1-5H3,(H2,34,37,42). The van der Waals surface area contributed by atoms with Gasteiger partial charge in [-0.1, -0.05) is 29.4 Å². The van der Waals surface area contributed by atoms with Crippen LogP contribution in [0.25, 0.3) is 5.57 Å². The Labute approximate surface area is 263 Å². The highest BCUT2D eigenvalue weighted by molar-refractivity contribution is 5.97. The van der Waals surface area contributed by atoms with Gasteiger partial charge < -0.3 is 34.8 Å². The molecule has 2 aliphatic heterocycles. The molecule has 2 aliphatic rings. The monoisotopic (exact) mass is 615 g/mol. The van der Waals surface area contributed by atoms with Gasteiger partial charge in [-0.15, -0.1) is 0 Å². The lowest BCUT2D eigenvalue weighted by atomic mass is 9.80. The molecule has 1 atom stereocenters. The van der Waals surface area contributed by atoms with Crippen LogP contribution in [-0.4, -0.2) is 80.5 Å². The number of nitrogens with one attached hydrogen (secondary N) is 3. The van der Waals surface area contributed by atoms with Crippen LogP contribution >= 0.6 is 0 Å². The van der Waals surface area contributed by atoms with Crippen molar-refractivity contribution in [1.29, 1.82) is 0 Å². The molecule has 2 amide bonds. The van der Waals surface area contributed by atoms with E-state index in [9.17, 15) is 9.59 Å². The first kappa shape index (κ1) is 31.6. The quantitative estimate of drug-likeness (QED) is 0.224. The van der Waals surface area contributed by atoms with Crippen molar-refractivity contribution in [3.63, 3.8) is 0 Å². The van der Waals surface area contributed by atoms with Gasteiger partial charge in [0.15, 0.2) is 5.82 Å². The number of aryl methyl sites for hydroxylation is 1. The molecule has 12 heteroatoms. The number of carbonyl (C=O) groups excluding carboxylic acids is 2. The van der Waals surface area contributed by atoms with Gasteiger partial charge in [-0.3, -0.25) is 4.90 Å². The molecule has 45 heavy (non-hydrogen) atoms. The Balaban J connectivity index is 1.18. The van der Waals surface area contributed by atoms with E-state index in [0.717, 1.165) is 61.8 Å². The van der Waals surface area contributed by atoms with Gasteiger partial charge >= 0.3 is 12.0 Å². The Morgan fingerprint density at radius 2 is 1.80 bits per heavy atom. The average Bonchev–Trinajstić information content (AvgIpc) is 3.48. The number of dihydropyridines is 1. The van der Waals surface area contributed by atoms with Gasteiger partial charge in [-0.25, -0.2) is 9.59 Å². The molecule has 238 valence electrons. The molecular formula is C33H41N7O5. The largest absolute Gasteiger partial charge is 0.495 e. The molecule has 1 saturated heterocycles. The number of ether oxygens (including phenoxy) is 2. The number of esters is 1. The van der Waals surface area contributed by atoms with Crippen LogP contribution in [-0.2, 0) is 9.53 Å². The maximum absolute atomic E-state index is 13.0. The number of aromatic nitrogens is 2.